The minimum Gasteiger partial charge on any atom is -0.351 e. The zero-order valence-electron chi connectivity index (χ0n) is 8.66. The molecule has 94 valence electrons. The van der Waals surface area contributed by atoms with Gasteiger partial charge in [-0.05, 0) is 24.3 Å². The Labute approximate surface area is 104 Å². The Balaban J connectivity index is 2.29. The molecule has 0 atom stereocenters. The molecule has 0 aliphatic rings. The van der Waals surface area contributed by atoms with Crippen LogP contribution >= 0.6 is 11.6 Å². The van der Waals surface area contributed by atoms with Gasteiger partial charge in [-0.15, -0.1) is 0 Å². The van der Waals surface area contributed by atoms with Crippen molar-refractivity contribution >= 4 is 17.4 Å². The van der Waals surface area contributed by atoms with Crippen LogP contribution in [-0.2, 0) is 6.18 Å². The van der Waals surface area contributed by atoms with E-state index in [0.717, 1.165) is 0 Å². The summed E-state index contributed by atoms with van der Waals surface area (Å²) in [6, 6.07) is 6.27. The first-order valence-electron chi connectivity index (χ1n) is 4.72. The van der Waals surface area contributed by atoms with Gasteiger partial charge in [0.25, 0.3) is 0 Å². The average molecular weight is 276 g/mol. The number of benzene rings is 1. The maximum atomic E-state index is 12.3. The summed E-state index contributed by atoms with van der Waals surface area (Å²) in [6.07, 6.45) is -4.66. The fraction of sp³-hybridized carbons (Fsp3) is 0.0909. The fourth-order valence-electron chi connectivity index (χ4n) is 1.26. The molecule has 0 saturated carbocycles. The standard InChI is InChI=1S/C11H5ClF3NO2/c12-7-3-1-6(2-4-7)10(17)8-5-9(18-16-8)11(13,14)15/h1-5H. The maximum Gasteiger partial charge on any atom is 0.452 e. The van der Waals surface area contributed by atoms with Crippen LogP contribution in [0.1, 0.15) is 21.8 Å². The number of nitrogens with zero attached hydrogens (tertiary/aromatic N) is 1. The van der Waals surface area contributed by atoms with Gasteiger partial charge in [0, 0.05) is 16.7 Å². The molecule has 1 aromatic carbocycles. The SMILES string of the molecule is O=C(c1ccc(Cl)cc1)c1cc(C(F)(F)F)on1. The Morgan fingerprint density at radius 2 is 1.83 bits per heavy atom. The molecule has 0 aliphatic heterocycles. The first kappa shape index (κ1) is 12.6. The lowest BCUT2D eigenvalue weighted by Gasteiger charge is -1.97. The summed E-state index contributed by atoms with van der Waals surface area (Å²) >= 11 is 5.63. The second kappa shape index (κ2) is 4.45. The normalized spacial score (nSPS) is 11.6. The van der Waals surface area contributed by atoms with Crippen LogP contribution in [0.2, 0.25) is 5.02 Å². The van der Waals surface area contributed by atoms with Gasteiger partial charge in [0.1, 0.15) is 0 Å². The monoisotopic (exact) mass is 275 g/mol. The van der Waals surface area contributed by atoms with Crippen LogP contribution in [0.25, 0.3) is 0 Å². The summed E-state index contributed by atoms with van der Waals surface area (Å²) in [7, 11) is 0. The highest BCUT2D eigenvalue weighted by atomic mass is 35.5. The molecule has 0 spiro atoms. The van der Waals surface area contributed by atoms with E-state index in [4.69, 9.17) is 11.6 Å². The Hall–Kier alpha value is -1.82. The predicted molar refractivity (Wildman–Crippen MR) is 56.4 cm³/mol. The molecule has 0 unspecified atom stereocenters. The van der Waals surface area contributed by atoms with E-state index >= 15 is 0 Å². The Bertz CT molecular complexity index is 575. The second-order valence-corrected chi connectivity index (χ2v) is 3.85. The van der Waals surface area contributed by atoms with E-state index < -0.39 is 23.4 Å². The highest BCUT2D eigenvalue weighted by Crippen LogP contribution is 2.30. The topological polar surface area (TPSA) is 43.1 Å². The average Bonchev–Trinajstić information content (AvgIpc) is 2.78. The Morgan fingerprint density at radius 3 is 2.33 bits per heavy atom. The van der Waals surface area contributed by atoms with Gasteiger partial charge >= 0.3 is 6.18 Å². The summed E-state index contributed by atoms with van der Waals surface area (Å²) in [5.41, 5.74) is -0.217. The molecule has 0 radical (unpaired) electrons. The predicted octanol–water partition coefficient (Wildman–Crippen LogP) is 3.58. The molecule has 2 aromatic rings. The zero-order chi connectivity index (χ0) is 13.3. The minimum absolute atomic E-state index is 0.182. The van der Waals surface area contributed by atoms with Gasteiger partial charge in [0.2, 0.25) is 11.5 Å². The lowest BCUT2D eigenvalue weighted by atomic mass is 10.1. The number of ketones is 1. The molecule has 0 fully saturated rings. The molecular weight excluding hydrogens is 271 g/mol. The van der Waals surface area contributed by atoms with E-state index in [1.54, 1.807) is 0 Å². The van der Waals surface area contributed by atoms with Crippen molar-refractivity contribution in [3.63, 3.8) is 0 Å². The van der Waals surface area contributed by atoms with E-state index in [0.29, 0.717) is 11.1 Å². The van der Waals surface area contributed by atoms with Gasteiger partial charge in [0.15, 0.2) is 5.69 Å². The van der Waals surface area contributed by atoms with Crippen LogP contribution in [0.3, 0.4) is 0 Å². The highest BCUT2D eigenvalue weighted by molar-refractivity contribution is 6.30. The number of hydrogen-bond acceptors (Lipinski definition) is 3. The lowest BCUT2D eigenvalue weighted by molar-refractivity contribution is -0.155. The van der Waals surface area contributed by atoms with Crippen LogP contribution in [0.5, 0.6) is 0 Å². The molecule has 0 aliphatic carbocycles. The molecule has 1 heterocycles. The minimum atomic E-state index is -4.66. The van der Waals surface area contributed by atoms with E-state index in [1.165, 1.54) is 24.3 Å². The highest BCUT2D eigenvalue weighted by Gasteiger charge is 2.36. The van der Waals surface area contributed by atoms with Crippen molar-refractivity contribution in [3.05, 3.63) is 52.4 Å². The van der Waals surface area contributed by atoms with Crippen molar-refractivity contribution in [1.82, 2.24) is 5.16 Å². The molecule has 0 N–H and O–H groups in total. The zero-order valence-corrected chi connectivity index (χ0v) is 9.42. The number of carbonyl (C=O) groups excluding carboxylic acids is 1. The number of rotatable bonds is 2. The fourth-order valence-corrected chi connectivity index (χ4v) is 1.39. The summed E-state index contributed by atoms with van der Waals surface area (Å²) in [4.78, 5) is 11.8. The van der Waals surface area contributed by atoms with Crippen molar-refractivity contribution < 1.29 is 22.5 Å². The van der Waals surface area contributed by atoms with Crippen molar-refractivity contribution in [3.8, 4) is 0 Å². The number of hydrogen-bond donors (Lipinski definition) is 0. The van der Waals surface area contributed by atoms with E-state index in [2.05, 4.69) is 9.68 Å². The second-order valence-electron chi connectivity index (χ2n) is 3.41. The van der Waals surface area contributed by atoms with Crippen LogP contribution in [0, 0.1) is 0 Å². The van der Waals surface area contributed by atoms with E-state index in [9.17, 15) is 18.0 Å². The third-order valence-corrected chi connectivity index (χ3v) is 2.38. The van der Waals surface area contributed by atoms with Crippen molar-refractivity contribution in [2.75, 3.05) is 0 Å². The van der Waals surface area contributed by atoms with Crippen LogP contribution in [0.4, 0.5) is 13.2 Å². The van der Waals surface area contributed by atoms with Gasteiger partial charge < -0.3 is 4.52 Å². The lowest BCUT2D eigenvalue weighted by Crippen LogP contribution is -2.03. The van der Waals surface area contributed by atoms with E-state index in [1.807, 2.05) is 0 Å². The summed E-state index contributed by atoms with van der Waals surface area (Å²) < 4.78 is 40.8. The molecule has 0 amide bonds. The summed E-state index contributed by atoms with van der Waals surface area (Å²) in [5.74, 6) is -1.97. The van der Waals surface area contributed by atoms with Gasteiger partial charge in [-0.1, -0.05) is 16.8 Å². The van der Waals surface area contributed by atoms with Gasteiger partial charge in [-0.3, -0.25) is 4.79 Å². The molecule has 3 nitrogen and oxygen atoms in total. The first-order valence-corrected chi connectivity index (χ1v) is 5.10. The molecule has 18 heavy (non-hydrogen) atoms. The van der Waals surface area contributed by atoms with E-state index in [-0.39, 0.29) is 5.56 Å². The third kappa shape index (κ3) is 2.53. The number of halogens is 4. The van der Waals surface area contributed by atoms with Crippen LogP contribution < -0.4 is 0 Å². The molecule has 1 aromatic heterocycles. The van der Waals surface area contributed by atoms with Crippen LogP contribution in [-0.4, -0.2) is 10.9 Å². The molecule has 7 heteroatoms. The first-order chi connectivity index (χ1) is 8.38. The van der Waals surface area contributed by atoms with Gasteiger partial charge in [0.05, 0.1) is 0 Å². The van der Waals surface area contributed by atoms with Crippen LogP contribution in [0.15, 0.2) is 34.9 Å². The Kier molecular flexibility index (Phi) is 3.13. The molecule has 0 bridgehead atoms. The van der Waals surface area contributed by atoms with Gasteiger partial charge in [-0.2, -0.15) is 13.2 Å². The molecule has 2 rings (SSSR count). The molecular formula is C11H5ClF3NO2. The smallest absolute Gasteiger partial charge is 0.351 e. The maximum absolute atomic E-state index is 12.3. The number of alkyl halides is 3. The quantitative estimate of drug-likeness (QED) is 0.787. The largest absolute Gasteiger partial charge is 0.452 e. The van der Waals surface area contributed by atoms with Crippen molar-refractivity contribution in [1.29, 1.82) is 0 Å². The van der Waals surface area contributed by atoms with Gasteiger partial charge in [-0.25, -0.2) is 0 Å². The summed E-state index contributed by atoms with van der Waals surface area (Å²) in [6.45, 7) is 0. The number of aromatic nitrogens is 1. The molecule has 0 saturated heterocycles. The number of carbonyl (C=O) groups is 1. The van der Waals surface area contributed by atoms with Crippen molar-refractivity contribution in [2.45, 2.75) is 6.18 Å². The third-order valence-electron chi connectivity index (χ3n) is 2.13. The summed E-state index contributed by atoms with van der Waals surface area (Å²) in [5, 5.41) is 3.52. The Morgan fingerprint density at radius 1 is 1.22 bits per heavy atom. The van der Waals surface area contributed by atoms with Crippen molar-refractivity contribution in [2.24, 2.45) is 0 Å².